The number of hydrogen-bond acceptors (Lipinski definition) is 3. The van der Waals surface area contributed by atoms with E-state index in [9.17, 15) is 14.0 Å². The van der Waals surface area contributed by atoms with Gasteiger partial charge in [0.25, 0.3) is 0 Å². The molecule has 0 heterocycles. The number of hydrogen-bond donors (Lipinski definition) is 1. The molecule has 2 amide bonds. The summed E-state index contributed by atoms with van der Waals surface area (Å²) >= 11 is 1.53. The molecule has 0 aliphatic carbocycles. The van der Waals surface area contributed by atoms with Crippen LogP contribution in [0.2, 0.25) is 0 Å². The molecule has 0 saturated heterocycles. The first-order valence-corrected chi connectivity index (χ1v) is 8.84. The lowest BCUT2D eigenvalue weighted by Gasteiger charge is -2.15. The molecule has 0 aliphatic rings. The van der Waals surface area contributed by atoms with Crippen LogP contribution in [0.4, 0.5) is 10.1 Å². The Morgan fingerprint density at radius 2 is 1.84 bits per heavy atom. The molecule has 0 atom stereocenters. The summed E-state index contributed by atoms with van der Waals surface area (Å²) < 4.78 is 13.5. The van der Waals surface area contributed by atoms with Gasteiger partial charge in [0.1, 0.15) is 5.82 Å². The minimum absolute atomic E-state index is 0.0941. The average molecular weight is 358 g/mol. The highest BCUT2D eigenvalue weighted by Crippen LogP contribution is 2.24. The predicted octanol–water partition coefficient (Wildman–Crippen LogP) is 3.66. The molecule has 0 spiro atoms. The van der Waals surface area contributed by atoms with Crippen LogP contribution in [0.3, 0.4) is 0 Å². The Hall–Kier alpha value is -2.60. The van der Waals surface area contributed by atoms with Gasteiger partial charge in [-0.3, -0.25) is 9.59 Å². The van der Waals surface area contributed by atoms with Gasteiger partial charge in [-0.15, -0.1) is 11.8 Å². The molecular formula is C19H19FN2O2S. The first-order valence-electron chi connectivity index (χ1n) is 7.62. The number of nitrogens with zero attached hydrogens (tertiary/aromatic N) is 1. The molecular weight excluding hydrogens is 339 g/mol. The van der Waals surface area contributed by atoms with E-state index in [1.807, 2.05) is 30.5 Å². The van der Waals surface area contributed by atoms with Crippen molar-refractivity contribution in [3.05, 3.63) is 66.0 Å². The van der Waals surface area contributed by atoms with Gasteiger partial charge in [0.05, 0.1) is 12.2 Å². The lowest BCUT2D eigenvalue weighted by Crippen LogP contribution is -2.33. The summed E-state index contributed by atoms with van der Waals surface area (Å²) in [5, 5.41) is 2.79. The van der Waals surface area contributed by atoms with Gasteiger partial charge in [-0.1, -0.05) is 30.3 Å². The smallest absolute Gasteiger partial charge is 0.246 e. The van der Waals surface area contributed by atoms with E-state index in [-0.39, 0.29) is 18.4 Å². The third-order valence-electron chi connectivity index (χ3n) is 3.45. The molecule has 0 fully saturated rings. The Kier molecular flexibility index (Phi) is 6.77. The summed E-state index contributed by atoms with van der Waals surface area (Å²) in [6.07, 6.45) is 4.57. The Balaban J connectivity index is 1.94. The molecule has 4 nitrogen and oxygen atoms in total. The highest BCUT2D eigenvalue weighted by Gasteiger charge is 2.12. The van der Waals surface area contributed by atoms with Gasteiger partial charge in [0.2, 0.25) is 11.8 Å². The van der Waals surface area contributed by atoms with Crippen molar-refractivity contribution in [2.24, 2.45) is 0 Å². The van der Waals surface area contributed by atoms with Crippen LogP contribution in [0, 0.1) is 5.82 Å². The minimum Gasteiger partial charge on any atom is -0.333 e. The van der Waals surface area contributed by atoms with Crippen LogP contribution in [0.15, 0.2) is 59.5 Å². The fraction of sp³-hybridized carbons (Fsp3) is 0.158. The maximum absolute atomic E-state index is 13.5. The van der Waals surface area contributed by atoms with Gasteiger partial charge in [0, 0.05) is 23.6 Å². The predicted molar refractivity (Wildman–Crippen MR) is 99.9 cm³/mol. The lowest BCUT2D eigenvalue weighted by atomic mass is 10.2. The first-order chi connectivity index (χ1) is 12.0. The second kappa shape index (κ2) is 9.03. The van der Waals surface area contributed by atoms with Crippen LogP contribution < -0.4 is 5.32 Å². The number of likely N-dealkylation sites (N-methyl/N-ethyl adjacent to an activating group) is 1. The normalized spacial score (nSPS) is 10.7. The van der Waals surface area contributed by atoms with Crippen molar-refractivity contribution >= 4 is 35.3 Å². The molecule has 0 saturated carbocycles. The van der Waals surface area contributed by atoms with Crippen molar-refractivity contribution in [2.75, 3.05) is 25.2 Å². The second-order valence-electron chi connectivity index (χ2n) is 5.30. The van der Waals surface area contributed by atoms with Crippen LogP contribution in [0.1, 0.15) is 5.56 Å². The molecule has 6 heteroatoms. The topological polar surface area (TPSA) is 49.4 Å². The monoisotopic (exact) mass is 358 g/mol. The van der Waals surface area contributed by atoms with Crippen LogP contribution in [-0.4, -0.2) is 36.6 Å². The lowest BCUT2D eigenvalue weighted by molar-refractivity contribution is -0.129. The standard InChI is InChI=1S/C19H19FN2O2S/c1-22(19(24)12-11-14-7-3-4-8-15(14)20)13-18(23)21-16-9-5-6-10-17(16)25-2/h3-12H,13H2,1-2H3,(H,21,23)/b12-11+. The molecule has 25 heavy (non-hydrogen) atoms. The highest BCUT2D eigenvalue weighted by atomic mass is 32.2. The highest BCUT2D eigenvalue weighted by molar-refractivity contribution is 7.98. The molecule has 0 radical (unpaired) electrons. The SMILES string of the molecule is CSc1ccccc1NC(=O)CN(C)C(=O)/C=C/c1ccccc1F. The molecule has 0 bridgehead atoms. The Labute approximate surface area is 150 Å². The summed E-state index contributed by atoms with van der Waals surface area (Å²) in [6.45, 7) is -0.0941. The molecule has 0 aliphatic heterocycles. The van der Waals surface area contributed by atoms with E-state index in [0.717, 1.165) is 4.90 Å². The Bertz CT molecular complexity index is 792. The zero-order valence-corrected chi connectivity index (χ0v) is 14.8. The van der Waals surface area contributed by atoms with Crippen molar-refractivity contribution in [2.45, 2.75) is 4.90 Å². The number of nitrogens with one attached hydrogen (secondary N) is 1. The number of para-hydroxylation sites is 1. The van der Waals surface area contributed by atoms with Crippen LogP contribution in [0.5, 0.6) is 0 Å². The van der Waals surface area contributed by atoms with E-state index in [1.165, 1.54) is 41.9 Å². The van der Waals surface area contributed by atoms with Gasteiger partial charge >= 0.3 is 0 Å². The summed E-state index contributed by atoms with van der Waals surface area (Å²) in [6, 6.07) is 13.6. The molecule has 2 aromatic carbocycles. The van der Waals surface area contributed by atoms with Gasteiger partial charge in [-0.05, 0) is 30.5 Å². The van der Waals surface area contributed by atoms with E-state index in [4.69, 9.17) is 0 Å². The maximum atomic E-state index is 13.5. The van der Waals surface area contributed by atoms with E-state index < -0.39 is 5.82 Å². The fourth-order valence-corrected chi connectivity index (χ4v) is 2.68. The fourth-order valence-electron chi connectivity index (χ4n) is 2.13. The van der Waals surface area contributed by atoms with E-state index in [0.29, 0.717) is 11.3 Å². The largest absolute Gasteiger partial charge is 0.333 e. The number of carbonyl (C=O) groups is 2. The van der Waals surface area contributed by atoms with Crippen LogP contribution >= 0.6 is 11.8 Å². The molecule has 1 N–H and O–H groups in total. The maximum Gasteiger partial charge on any atom is 0.246 e. The number of amides is 2. The summed E-state index contributed by atoms with van der Waals surface area (Å²) in [5.41, 5.74) is 1.03. The molecule has 0 unspecified atom stereocenters. The molecule has 130 valence electrons. The van der Waals surface area contributed by atoms with Gasteiger partial charge in [-0.25, -0.2) is 4.39 Å². The summed E-state index contributed by atoms with van der Waals surface area (Å²) in [5.74, 6) is -1.08. The zero-order valence-electron chi connectivity index (χ0n) is 14.0. The first kappa shape index (κ1) is 18.7. The van der Waals surface area contributed by atoms with Crippen LogP contribution in [0.25, 0.3) is 6.08 Å². The molecule has 2 aromatic rings. The van der Waals surface area contributed by atoms with Gasteiger partial charge in [-0.2, -0.15) is 0 Å². The minimum atomic E-state index is -0.402. The number of rotatable bonds is 6. The quantitative estimate of drug-likeness (QED) is 0.633. The van der Waals surface area contributed by atoms with Crippen LogP contribution in [-0.2, 0) is 9.59 Å². The zero-order chi connectivity index (χ0) is 18.2. The van der Waals surface area contributed by atoms with E-state index in [1.54, 1.807) is 18.2 Å². The van der Waals surface area contributed by atoms with Crippen molar-refractivity contribution in [3.63, 3.8) is 0 Å². The van der Waals surface area contributed by atoms with Crippen molar-refractivity contribution < 1.29 is 14.0 Å². The van der Waals surface area contributed by atoms with E-state index >= 15 is 0 Å². The van der Waals surface area contributed by atoms with Crippen molar-refractivity contribution in [1.82, 2.24) is 4.90 Å². The Morgan fingerprint density at radius 3 is 2.56 bits per heavy atom. The number of benzene rings is 2. The van der Waals surface area contributed by atoms with Gasteiger partial charge < -0.3 is 10.2 Å². The Morgan fingerprint density at radius 1 is 1.16 bits per heavy atom. The number of carbonyl (C=O) groups excluding carboxylic acids is 2. The summed E-state index contributed by atoms with van der Waals surface area (Å²) in [7, 11) is 1.52. The van der Waals surface area contributed by atoms with E-state index in [2.05, 4.69) is 5.32 Å². The number of halogens is 1. The van der Waals surface area contributed by atoms with Gasteiger partial charge in [0.15, 0.2) is 0 Å². The molecule has 0 aromatic heterocycles. The summed E-state index contributed by atoms with van der Waals surface area (Å²) in [4.78, 5) is 26.4. The second-order valence-corrected chi connectivity index (χ2v) is 6.15. The average Bonchev–Trinajstić information content (AvgIpc) is 2.61. The number of anilines is 1. The van der Waals surface area contributed by atoms with Crippen molar-refractivity contribution in [3.8, 4) is 0 Å². The van der Waals surface area contributed by atoms with Crippen molar-refractivity contribution in [1.29, 1.82) is 0 Å². The third kappa shape index (κ3) is 5.46. The number of thioether (sulfide) groups is 1. The third-order valence-corrected chi connectivity index (χ3v) is 4.24. The molecule has 2 rings (SSSR count).